The van der Waals surface area contributed by atoms with Gasteiger partial charge in [0.2, 0.25) is 4.96 Å². The Morgan fingerprint density at radius 3 is 2.86 bits per heavy atom. The molecule has 8 heteroatoms. The van der Waals surface area contributed by atoms with Gasteiger partial charge in [0.15, 0.2) is 0 Å². The van der Waals surface area contributed by atoms with Crippen molar-refractivity contribution >= 4 is 22.0 Å². The van der Waals surface area contributed by atoms with Crippen LogP contribution in [-0.2, 0) is 13.0 Å². The SMILES string of the molecule is Cc1ccc(Cc2nnc3sc(CN)nn3c2=O)c(N)c1. The molecule has 0 aliphatic rings. The van der Waals surface area contributed by atoms with Gasteiger partial charge in [-0.25, -0.2) is 0 Å². The summed E-state index contributed by atoms with van der Waals surface area (Å²) in [4.78, 5) is 12.8. The number of aryl methyl sites for hydroxylation is 1. The minimum atomic E-state index is -0.282. The molecule has 1 aromatic carbocycles. The first-order chi connectivity index (χ1) is 10.1. The third-order valence-electron chi connectivity index (χ3n) is 3.13. The van der Waals surface area contributed by atoms with Crippen LogP contribution >= 0.6 is 11.3 Å². The average molecular weight is 302 g/mol. The van der Waals surface area contributed by atoms with Crippen molar-refractivity contribution in [1.29, 1.82) is 0 Å². The standard InChI is InChI=1S/C13H14N6OS/c1-7-2-3-8(9(15)4-7)5-10-12(20)19-13(17-16-10)21-11(6-14)18-19/h2-4H,5-6,14-15H2,1H3. The predicted octanol–water partition coefficient (Wildman–Crippen LogP) is 0.486. The summed E-state index contributed by atoms with van der Waals surface area (Å²) in [6, 6.07) is 5.71. The lowest BCUT2D eigenvalue weighted by atomic mass is 10.1. The molecule has 0 radical (unpaired) electrons. The largest absolute Gasteiger partial charge is 0.398 e. The number of hydrogen-bond acceptors (Lipinski definition) is 7. The highest BCUT2D eigenvalue weighted by molar-refractivity contribution is 7.16. The van der Waals surface area contributed by atoms with Crippen LogP contribution in [0.1, 0.15) is 21.8 Å². The van der Waals surface area contributed by atoms with E-state index < -0.39 is 0 Å². The van der Waals surface area contributed by atoms with Crippen molar-refractivity contribution in [2.24, 2.45) is 5.73 Å². The van der Waals surface area contributed by atoms with E-state index in [0.29, 0.717) is 27.8 Å². The first-order valence-corrected chi connectivity index (χ1v) is 7.19. The van der Waals surface area contributed by atoms with Crippen LogP contribution in [0.15, 0.2) is 23.0 Å². The lowest BCUT2D eigenvalue weighted by Crippen LogP contribution is -2.22. The molecule has 0 aliphatic heterocycles. The Hall–Kier alpha value is -2.32. The molecule has 4 N–H and O–H groups in total. The van der Waals surface area contributed by atoms with Crippen LogP contribution in [0.5, 0.6) is 0 Å². The highest BCUT2D eigenvalue weighted by atomic mass is 32.1. The average Bonchev–Trinajstić information content (AvgIpc) is 2.88. The fourth-order valence-corrected chi connectivity index (χ4v) is 2.74. The summed E-state index contributed by atoms with van der Waals surface area (Å²) in [5, 5.41) is 12.8. The normalized spacial score (nSPS) is 11.1. The van der Waals surface area contributed by atoms with Gasteiger partial charge in [0.1, 0.15) is 10.7 Å². The van der Waals surface area contributed by atoms with Crippen LogP contribution in [0.3, 0.4) is 0 Å². The number of rotatable bonds is 3. The first-order valence-electron chi connectivity index (χ1n) is 6.38. The van der Waals surface area contributed by atoms with Crippen molar-refractivity contribution in [3.8, 4) is 0 Å². The van der Waals surface area contributed by atoms with Gasteiger partial charge in [0.25, 0.3) is 5.56 Å². The molecule has 0 unspecified atom stereocenters. The number of nitrogens with two attached hydrogens (primary N) is 2. The van der Waals surface area contributed by atoms with Gasteiger partial charge in [-0.2, -0.15) is 9.61 Å². The zero-order valence-electron chi connectivity index (χ0n) is 11.4. The number of aromatic nitrogens is 4. The second kappa shape index (κ2) is 5.23. The van der Waals surface area contributed by atoms with Gasteiger partial charge in [-0.1, -0.05) is 23.5 Å². The molecular formula is C13H14N6OS. The number of hydrogen-bond donors (Lipinski definition) is 2. The second-order valence-electron chi connectivity index (χ2n) is 4.73. The lowest BCUT2D eigenvalue weighted by molar-refractivity contribution is 0.789. The Kier molecular flexibility index (Phi) is 3.40. The van der Waals surface area contributed by atoms with Gasteiger partial charge < -0.3 is 11.5 Å². The smallest absolute Gasteiger partial charge is 0.297 e. The van der Waals surface area contributed by atoms with E-state index in [0.717, 1.165) is 11.1 Å². The van der Waals surface area contributed by atoms with Crippen molar-refractivity contribution in [3.05, 3.63) is 50.4 Å². The quantitative estimate of drug-likeness (QED) is 0.681. The van der Waals surface area contributed by atoms with E-state index in [9.17, 15) is 4.79 Å². The van der Waals surface area contributed by atoms with Crippen molar-refractivity contribution in [1.82, 2.24) is 19.8 Å². The molecule has 3 rings (SSSR count). The summed E-state index contributed by atoms with van der Waals surface area (Å²) in [6.07, 6.45) is 0.330. The second-order valence-corrected chi connectivity index (χ2v) is 5.77. The van der Waals surface area contributed by atoms with Gasteiger partial charge in [-0.15, -0.1) is 10.2 Å². The summed E-state index contributed by atoms with van der Waals surface area (Å²) < 4.78 is 1.25. The van der Waals surface area contributed by atoms with Gasteiger partial charge in [0, 0.05) is 18.7 Å². The molecule has 3 aromatic rings. The lowest BCUT2D eigenvalue weighted by Gasteiger charge is -2.05. The van der Waals surface area contributed by atoms with Crippen molar-refractivity contribution in [3.63, 3.8) is 0 Å². The van der Waals surface area contributed by atoms with E-state index in [1.165, 1.54) is 15.9 Å². The summed E-state index contributed by atoms with van der Waals surface area (Å²) in [5.41, 5.74) is 14.1. The molecule has 2 heterocycles. The Balaban J connectivity index is 2.04. The van der Waals surface area contributed by atoms with Gasteiger partial charge in [-0.3, -0.25) is 4.79 Å². The van der Waals surface area contributed by atoms with Gasteiger partial charge in [0.05, 0.1) is 0 Å². The van der Waals surface area contributed by atoms with Crippen molar-refractivity contribution < 1.29 is 0 Å². The Labute approximate surface area is 124 Å². The molecule has 0 fully saturated rings. The molecule has 21 heavy (non-hydrogen) atoms. The summed E-state index contributed by atoms with van der Waals surface area (Å²) in [7, 11) is 0. The van der Waals surface area contributed by atoms with E-state index in [2.05, 4.69) is 15.3 Å². The van der Waals surface area contributed by atoms with Gasteiger partial charge >= 0.3 is 0 Å². The molecule has 0 aliphatic carbocycles. The monoisotopic (exact) mass is 302 g/mol. The Bertz CT molecular complexity index is 869. The third kappa shape index (κ3) is 2.50. The maximum atomic E-state index is 12.4. The number of anilines is 1. The van der Waals surface area contributed by atoms with E-state index >= 15 is 0 Å². The van der Waals surface area contributed by atoms with Crippen molar-refractivity contribution in [2.75, 3.05) is 5.73 Å². The first kappa shape index (κ1) is 13.7. The van der Waals surface area contributed by atoms with Crippen LogP contribution in [0.2, 0.25) is 0 Å². The molecule has 0 saturated carbocycles. The number of fused-ring (bicyclic) bond motifs is 1. The van der Waals surface area contributed by atoms with E-state index in [1.54, 1.807) is 0 Å². The van der Waals surface area contributed by atoms with Crippen LogP contribution in [0.25, 0.3) is 4.96 Å². The molecule has 7 nitrogen and oxygen atoms in total. The molecular weight excluding hydrogens is 288 g/mol. The Morgan fingerprint density at radius 1 is 1.33 bits per heavy atom. The fraction of sp³-hybridized carbons (Fsp3) is 0.231. The predicted molar refractivity (Wildman–Crippen MR) is 81.2 cm³/mol. The van der Waals surface area contributed by atoms with Gasteiger partial charge in [-0.05, 0) is 24.1 Å². The highest BCUT2D eigenvalue weighted by Crippen LogP contribution is 2.16. The van der Waals surface area contributed by atoms with E-state index in [1.807, 2.05) is 25.1 Å². The molecule has 108 valence electrons. The molecule has 0 bridgehead atoms. The number of nitrogen functional groups attached to an aromatic ring is 1. The third-order valence-corrected chi connectivity index (χ3v) is 4.05. The fourth-order valence-electron chi connectivity index (χ4n) is 2.04. The Morgan fingerprint density at radius 2 is 2.14 bits per heavy atom. The number of benzene rings is 1. The topological polar surface area (TPSA) is 112 Å². The van der Waals surface area contributed by atoms with Crippen LogP contribution in [0, 0.1) is 6.92 Å². The molecule has 0 spiro atoms. The van der Waals surface area contributed by atoms with Crippen LogP contribution in [-0.4, -0.2) is 19.8 Å². The molecule has 0 atom stereocenters. The van der Waals surface area contributed by atoms with E-state index in [-0.39, 0.29) is 12.1 Å². The zero-order valence-corrected chi connectivity index (χ0v) is 12.2. The summed E-state index contributed by atoms with van der Waals surface area (Å²) >= 11 is 1.26. The molecule has 0 saturated heterocycles. The van der Waals surface area contributed by atoms with Crippen LogP contribution in [0.4, 0.5) is 5.69 Å². The summed E-state index contributed by atoms with van der Waals surface area (Å²) in [6.45, 7) is 2.23. The zero-order chi connectivity index (χ0) is 15.0. The maximum absolute atomic E-state index is 12.4. The maximum Gasteiger partial charge on any atom is 0.297 e. The van der Waals surface area contributed by atoms with Crippen LogP contribution < -0.4 is 17.0 Å². The highest BCUT2D eigenvalue weighted by Gasteiger charge is 2.13. The minimum absolute atomic E-state index is 0.272. The molecule has 2 aromatic heterocycles. The number of nitrogens with zero attached hydrogens (tertiary/aromatic N) is 4. The minimum Gasteiger partial charge on any atom is -0.398 e. The van der Waals surface area contributed by atoms with Crippen molar-refractivity contribution in [2.45, 2.75) is 19.9 Å². The van der Waals surface area contributed by atoms with E-state index in [4.69, 9.17) is 11.5 Å². The molecule has 0 amide bonds. The summed E-state index contributed by atoms with van der Waals surface area (Å²) in [5.74, 6) is 0.